The van der Waals surface area contributed by atoms with E-state index in [0.29, 0.717) is 12.0 Å². The van der Waals surface area contributed by atoms with Crippen LogP contribution in [0.15, 0.2) is 0 Å². The number of aromatic nitrogens is 2. The Bertz CT molecular complexity index is 634. The third kappa shape index (κ3) is 2.29. The van der Waals surface area contributed by atoms with Crippen molar-refractivity contribution < 1.29 is 0 Å². The van der Waals surface area contributed by atoms with Crippen molar-refractivity contribution in [3.63, 3.8) is 0 Å². The van der Waals surface area contributed by atoms with Gasteiger partial charge in [0.25, 0.3) is 0 Å². The van der Waals surface area contributed by atoms with E-state index in [9.17, 15) is 0 Å². The Morgan fingerprint density at radius 1 is 1.25 bits per heavy atom. The molecule has 2 atom stereocenters. The second-order valence-electron chi connectivity index (χ2n) is 5.76. The largest absolute Gasteiger partial charge is 0.366 e. The molecule has 2 aromatic rings. The van der Waals surface area contributed by atoms with Crippen LogP contribution in [0.3, 0.4) is 0 Å². The van der Waals surface area contributed by atoms with E-state index in [0.717, 1.165) is 23.0 Å². The number of fused-ring (bicyclic) bond motifs is 1. The number of rotatable bonds is 3. The average molecular weight is 290 g/mol. The minimum atomic E-state index is 0.456. The molecule has 2 unspecified atom stereocenters. The molecule has 108 valence electrons. The van der Waals surface area contributed by atoms with E-state index in [1.54, 1.807) is 11.3 Å². The first-order valence-corrected chi connectivity index (χ1v) is 8.12. The van der Waals surface area contributed by atoms with Gasteiger partial charge in [-0.05, 0) is 51.6 Å². The smallest absolute Gasteiger partial charge is 0.139 e. The summed E-state index contributed by atoms with van der Waals surface area (Å²) in [7, 11) is 0. The zero-order chi connectivity index (χ0) is 14.3. The molecule has 1 aliphatic carbocycles. The van der Waals surface area contributed by atoms with E-state index in [1.165, 1.54) is 35.1 Å². The molecule has 2 aromatic heterocycles. The Morgan fingerprint density at radius 2 is 2.05 bits per heavy atom. The number of nitrogens with one attached hydrogen (secondary N) is 1. The van der Waals surface area contributed by atoms with Gasteiger partial charge in [0.2, 0.25) is 0 Å². The number of nitrogens with zero attached hydrogens (tertiary/aromatic N) is 2. The lowest BCUT2D eigenvalue weighted by Gasteiger charge is -2.20. The third-order valence-corrected chi connectivity index (χ3v) is 5.53. The maximum absolute atomic E-state index is 5.88. The van der Waals surface area contributed by atoms with Crippen LogP contribution in [0.2, 0.25) is 0 Å². The predicted octanol–water partition coefficient (Wildman–Crippen LogP) is 3.16. The fraction of sp³-hybridized carbons (Fsp3) is 0.600. The summed E-state index contributed by atoms with van der Waals surface area (Å²) in [4.78, 5) is 11.6. The molecule has 3 rings (SSSR count). The number of nitrogens with two attached hydrogens (primary N) is 1. The van der Waals surface area contributed by atoms with Crippen LogP contribution in [0.1, 0.15) is 35.5 Å². The highest BCUT2D eigenvalue weighted by atomic mass is 32.1. The SMILES string of the molecule is Cc1nc(NC2CCCC2CN)c2c(C)c(C)sc2n1. The van der Waals surface area contributed by atoms with Crippen LogP contribution in [0, 0.1) is 26.7 Å². The summed E-state index contributed by atoms with van der Waals surface area (Å²) >= 11 is 1.76. The van der Waals surface area contributed by atoms with E-state index >= 15 is 0 Å². The Kier molecular flexibility index (Phi) is 3.65. The van der Waals surface area contributed by atoms with Crippen LogP contribution >= 0.6 is 11.3 Å². The Balaban J connectivity index is 2.02. The number of hydrogen-bond acceptors (Lipinski definition) is 5. The molecule has 0 aliphatic heterocycles. The summed E-state index contributed by atoms with van der Waals surface area (Å²) in [5.41, 5.74) is 7.18. The number of aryl methyl sites for hydroxylation is 3. The molecule has 3 N–H and O–H groups in total. The third-order valence-electron chi connectivity index (χ3n) is 4.42. The van der Waals surface area contributed by atoms with E-state index in [2.05, 4.69) is 29.1 Å². The molecule has 1 saturated carbocycles. The monoisotopic (exact) mass is 290 g/mol. The van der Waals surface area contributed by atoms with Gasteiger partial charge in [-0.3, -0.25) is 0 Å². The van der Waals surface area contributed by atoms with Gasteiger partial charge < -0.3 is 11.1 Å². The molecule has 0 amide bonds. The van der Waals surface area contributed by atoms with Crippen LogP contribution in [-0.4, -0.2) is 22.6 Å². The van der Waals surface area contributed by atoms with Crippen molar-refractivity contribution in [2.75, 3.05) is 11.9 Å². The Labute approximate surface area is 123 Å². The van der Waals surface area contributed by atoms with Gasteiger partial charge >= 0.3 is 0 Å². The predicted molar refractivity (Wildman–Crippen MR) is 85.4 cm³/mol. The van der Waals surface area contributed by atoms with Gasteiger partial charge in [0.1, 0.15) is 16.5 Å². The molecule has 0 radical (unpaired) electrons. The molecule has 1 aliphatic rings. The van der Waals surface area contributed by atoms with Crippen molar-refractivity contribution in [2.24, 2.45) is 11.7 Å². The molecule has 5 heteroatoms. The van der Waals surface area contributed by atoms with E-state index in [4.69, 9.17) is 5.73 Å². The van der Waals surface area contributed by atoms with Gasteiger partial charge in [-0.2, -0.15) is 0 Å². The Morgan fingerprint density at radius 3 is 2.80 bits per heavy atom. The minimum Gasteiger partial charge on any atom is -0.366 e. The van der Waals surface area contributed by atoms with Gasteiger partial charge in [-0.25, -0.2) is 9.97 Å². The molecule has 0 bridgehead atoms. The van der Waals surface area contributed by atoms with Crippen molar-refractivity contribution in [2.45, 2.75) is 46.1 Å². The van der Waals surface area contributed by atoms with Gasteiger partial charge in [0.15, 0.2) is 0 Å². The molecule has 4 nitrogen and oxygen atoms in total. The molecule has 0 spiro atoms. The van der Waals surface area contributed by atoms with Gasteiger partial charge in [0, 0.05) is 10.9 Å². The van der Waals surface area contributed by atoms with E-state index < -0.39 is 0 Å². The topological polar surface area (TPSA) is 63.8 Å². The summed E-state index contributed by atoms with van der Waals surface area (Å²) < 4.78 is 0. The fourth-order valence-corrected chi connectivity index (χ4v) is 4.22. The highest BCUT2D eigenvalue weighted by Crippen LogP contribution is 2.35. The van der Waals surface area contributed by atoms with Crippen LogP contribution < -0.4 is 11.1 Å². The molecule has 1 fully saturated rings. The summed E-state index contributed by atoms with van der Waals surface area (Å²) in [6.07, 6.45) is 3.67. The second kappa shape index (κ2) is 5.30. The fourth-order valence-electron chi connectivity index (χ4n) is 3.15. The molecule has 0 aromatic carbocycles. The highest BCUT2D eigenvalue weighted by molar-refractivity contribution is 7.18. The highest BCUT2D eigenvalue weighted by Gasteiger charge is 2.27. The lowest BCUT2D eigenvalue weighted by Crippen LogP contribution is -2.30. The van der Waals surface area contributed by atoms with Gasteiger partial charge in [-0.15, -0.1) is 11.3 Å². The average Bonchev–Trinajstić information content (AvgIpc) is 2.95. The maximum atomic E-state index is 5.88. The lowest BCUT2D eigenvalue weighted by molar-refractivity contribution is 0.515. The van der Waals surface area contributed by atoms with Crippen LogP contribution in [0.5, 0.6) is 0 Å². The van der Waals surface area contributed by atoms with Gasteiger partial charge in [-0.1, -0.05) is 6.42 Å². The van der Waals surface area contributed by atoms with E-state index in [1.807, 2.05) is 6.92 Å². The van der Waals surface area contributed by atoms with E-state index in [-0.39, 0.29) is 0 Å². The second-order valence-corrected chi connectivity index (χ2v) is 6.96. The minimum absolute atomic E-state index is 0.456. The molecule has 0 saturated heterocycles. The summed E-state index contributed by atoms with van der Waals surface area (Å²) in [6, 6.07) is 0.456. The maximum Gasteiger partial charge on any atom is 0.139 e. The summed E-state index contributed by atoms with van der Waals surface area (Å²) in [5.74, 6) is 2.41. The standard InChI is InChI=1S/C15H22N4S/c1-8-9(2)20-15-13(8)14(17-10(3)18-15)19-12-6-4-5-11(12)7-16/h11-12H,4-7,16H2,1-3H3,(H,17,18,19). The summed E-state index contributed by atoms with van der Waals surface area (Å²) in [6.45, 7) is 7.03. The van der Waals surface area contributed by atoms with Crippen molar-refractivity contribution in [3.8, 4) is 0 Å². The van der Waals surface area contributed by atoms with Gasteiger partial charge in [0.05, 0.1) is 5.39 Å². The molecule has 2 heterocycles. The quantitative estimate of drug-likeness (QED) is 0.911. The van der Waals surface area contributed by atoms with Crippen LogP contribution in [-0.2, 0) is 0 Å². The van der Waals surface area contributed by atoms with Crippen LogP contribution in [0.25, 0.3) is 10.2 Å². The zero-order valence-corrected chi connectivity index (χ0v) is 13.2. The number of anilines is 1. The summed E-state index contributed by atoms with van der Waals surface area (Å²) in [5, 5.41) is 4.85. The first kappa shape index (κ1) is 13.8. The van der Waals surface area contributed by atoms with Crippen molar-refractivity contribution in [1.29, 1.82) is 0 Å². The van der Waals surface area contributed by atoms with Crippen LogP contribution in [0.4, 0.5) is 5.82 Å². The van der Waals surface area contributed by atoms with Crippen molar-refractivity contribution >= 4 is 27.4 Å². The van der Waals surface area contributed by atoms with Crippen molar-refractivity contribution in [1.82, 2.24) is 9.97 Å². The lowest BCUT2D eigenvalue weighted by atomic mass is 10.0. The zero-order valence-electron chi connectivity index (χ0n) is 12.4. The Hall–Kier alpha value is -1.20. The first-order valence-electron chi connectivity index (χ1n) is 7.31. The molecular weight excluding hydrogens is 268 g/mol. The molecule has 20 heavy (non-hydrogen) atoms. The first-order chi connectivity index (χ1) is 9.60. The number of hydrogen-bond donors (Lipinski definition) is 2. The number of thiophene rings is 1. The normalized spacial score (nSPS) is 22.6. The van der Waals surface area contributed by atoms with Crippen molar-refractivity contribution in [3.05, 3.63) is 16.3 Å². The molecular formula is C15H22N4S.